The van der Waals surface area contributed by atoms with E-state index in [0.29, 0.717) is 0 Å². The topological polar surface area (TPSA) is 15.8 Å². The van der Waals surface area contributed by atoms with Crippen molar-refractivity contribution in [2.75, 3.05) is 0 Å². The minimum atomic E-state index is 1.16. The molecule has 0 atom stereocenters. The Morgan fingerprint density at radius 2 is 1.21 bits per heavy atom. The summed E-state index contributed by atoms with van der Waals surface area (Å²) >= 11 is 0. The van der Waals surface area contributed by atoms with E-state index in [1.165, 1.54) is 45.8 Å². The summed E-state index contributed by atoms with van der Waals surface area (Å²) in [6, 6.07) is 13.7. The van der Waals surface area contributed by atoms with Gasteiger partial charge in [0.1, 0.15) is 0 Å². The van der Waals surface area contributed by atoms with Gasteiger partial charge in [-0.2, -0.15) is 0 Å². The molecule has 0 amide bonds. The summed E-state index contributed by atoms with van der Waals surface area (Å²) in [5.74, 6) is 0. The van der Waals surface area contributed by atoms with Gasteiger partial charge in [0, 0.05) is 21.8 Å². The average molecular weight is 251 g/mol. The van der Waals surface area contributed by atoms with Crippen LogP contribution in [0, 0.1) is 0 Å². The summed E-state index contributed by atoms with van der Waals surface area (Å²) in [4.78, 5) is 3.58. The van der Waals surface area contributed by atoms with E-state index in [1.54, 1.807) is 0 Å². The fourth-order valence-electron chi connectivity index (χ4n) is 2.89. The summed E-state index contributed by atoms with van der Waals surface area (Å²) in [5.41, 5.74) is 5.40. The number of nitrogens with one attached hydrogen (secondary N) is 1. The third kappa shape index (κ3) is 2.25. The molecule has 98 valence electrons. The normalized spacial score (nSPS) is 11.5. The molecule has 2 aromatic carbocycles. The number of hydrogen-bond acceptors (Lipinski definition) is 0. The first-order valence-corrected chi connectivity index (χ1v) is 7.35. The highest BCUT2D eigenvalue weighted by atomic mass is 14.7. The Labute approximate surface area is 114 Å². The van der Waals surface area contributed by atoms with Crippen molar-refractivity contribution in [1.29, 1.82) is 0 Å². The maximum Gasteiger partial charge on any atom is 0.0467 e. The van der Waals surface area contributed by atoms with Crippen LogP contribution < -0.4 is 0 Å². The highest BCUT2D eigenvalue weighted by molar-refractivity contribution is 6.07. The first-order chi connectivity index (χ1) is 9.31. The van der Waals surface area contributed by atoms with E-state index < -0.39 is 0 Å². The van der Waals surface area contributed by atoms with Gasteiger partial charge in [-0.15, -0.1) is 0 Å². The van der Waals surface area contributed by atoms with Gasteiger partial charge < -0.3 is 4.98 Å². The molecule has 1 heteroatoms. The number of aromatic amines is 1. The second-order valence-electron chi connectivity index (χ2n) is 5.38. The molecule has 0 aliphatic heterocycles. The second-order valence-corrected chi connectivity index (χ2v) is 5.38. The first kappa shape index (κ1) is 12.3. The van der Waals surface area contributed by atoms with E-state index >= 15 is 0 Å². The van der Waals surface area contributed by atoms with Gasteiger partial charge in [-0.05, 0) is 36.1 Å². The van der Waals surface area contributed by atoms with Crippen LogP contribution in [0.25, 0.3) is 21.8 Å². The van der Waals surface area contributed by atoms with Crippen molar-refractivity contribution in [3.63, 3.8) is 0 Å². The quantitative estimate of drug-likeness (QED) is 0.653. The molecule has 19 heavy (non-hydrogen) atoms. The zero-order valence-corrected chi connectivity index (χ0v) is 11.8. The number of fused-ring (bicyclic) bond motifs is 3. The van der Waals surface area contributed by atoms with Crippen molar-refractivity contribution in [3.8, 4) is 0 Å². The van der Waals surface area contributed by atoms with Gasteiger partial charge in [0.15, 0.2) is 0 Å². The van der Waals surface area contributed by atoms with Crippen LogP contribution in [0.5, 0.6) is 0 Å². The molecule has 0 saturated carbocycles. The predicted octanol–water partition coefficient (Wildman–Crippen LogP) is 5.23. The second kappa shape index (κ2) is 5.08. The van der Waals surface area contributed by atoms with E-state index in [4.69, 9.17) is 0 Å². The molecular formula is C18H21N. The Balaban J connectivity index is 2.14. The van der Waals surface area contributed by atoms with Gasteiger partial charge in [-0.25, -0.2) is 0 Å². The summed E-state index contributed by atoms with van der Waals surface area (Å²) in [5, 5.41) is 2.69. The predicted molar refractivity (Wildman–Crippen MR) is 83.8 cm³/mol. The van der Waals surface area contributed by atoms with E-state index in [-0.39, 0.29) is 0 Å². The highest BCUT2D eigenvalue weighted by Gasteiger charge is 2.05. The van der Waals surface area contributed by atoms with E-state index in [2.05, 4.69) is 55.2 Å². The molecule has 0 aliphatic carbocycles. The third-order valence-corrected chi connectivity index (χ3v) is 3.80. The van der Waals surface area contributed by atoms with E-state index in [1.807, 2.05) is 0 Å². The summed E-state index contributed by atoms with van der Waals surface area (Å²) in [7, 11) is 0. The van der Waals surface area contributed by atoms with Gasteiger partial charge in [0.05, 0.1) is 0 Å². The summed E-state index contributed by atoms with van der Waals surface area (Å²) in [6.45, 7) is 4.46. The lowest BCUT2D eigenvalue weighted by atomic mass is 10.0. The number of aryl methyl sites for hydroxylation is 2. The largest absolute Gasteiger partial charge is 0.354 e. The summed E-state index contributed by atoms with van der Waals surface area (Å²) < 4.78 is 0. The number of benzene rings is 2. The number of aromatic nitrogens is 1. The Morgan fingerprint density at radius 1 is 0.737 bits per heavy atom. The molecule has 0 fully saturated rings. The first-order valence-electron chi connectivity index (χ1n) is 7.35. The Morgan fingerprint density at radius 3 is 1.63 bits per heavy atom. The Bertz CT molecular complexity index is 646. The van der Waals surface area contributed by atoms with Crippen LogP contribution in [0.4, 0.5) is 0 Å². The monoisotopic (exact) mass is 251 g/mol. The molecule has 3 aromatic rings. The molecule has 1 heterocycles. The standard InChI is InChI=1S/C18H21N/c1-3-5-13-7-9-15-16-10-8-14(6-4-2)12-18(16)19-17(15)11-13/h7-12,19H,3-6H2,1-2H3. The van der Waals surface area contributed by atoms with E-state index in [9.17, 15) is 0 Å². The molecule has 1 aromatic heterocycles. The van der Waals surface area contributed by atoms with Gasteiger partial charge in [-0.3, -0.25) is 0 Å². The van der Waals surface area contributed by atoms with Crippen LogP contribution in [0.1, 0.15) is 37.8 Å². The van der Waals surface area contributed by atoms with Crippen molar-refractivity contribution in [1.82, 2.24) is 4.98 Å². The van der Waals surface area contributed by atoms with Gasteiger partial charge in [0.25, 0.3) is 0 Å². The van der Waals surface area contributed by atoms with Crippen molar-refractivity contribution >= 4 is 21.8 Å². The maximum absolute atomic E-state index is 3.58. The van der Waals surface area contributed by atoms with Crippen LogP contribution in [0.2, 0.25) is 0 Å². The molecule has 0 bridgehead atoms. The average Bonchev–Trinajstić information content (AvgIpc) is 2.76. The zero-order chi connectivity index (χ0) is 13.2. The van der Waals surface area contributed by atoms with Crippen molar-refractivity contribution in [2.24, 2.45) is 0 Å². The number of rotatable bonds is 4. The molecule has 0 aliphatic rings. The fourth-order valence-corrected chi connectivity index (χ4v) is 2.89. The minimum absolute atomic E-state index is 1.16. The van der Waals surface area contributed by atoms with Crippen LogP contribution in [0.3, 0.4) is 0 Å². The lowest BCUT2D eigenvalue weighted by molar-refractivity contribution is 0.923. The van der Waals surface area contributed by atoms with Crippen molar-refractivity contribution in [2.45, 2.75) is 39.5 Å². The maximum atomic E-state index is 3.58. The lowest BCUT2D eigenvalue weighted by Gasteiger charge is -1.99. The highest BCUT2D eigenvalue weighted by Crippen LogP contribution is 2.27. The van der Waals surface area contributed by atoms with Gasteiger partial charge in [0.2, 0.25) is 0 Å². The SMILES string of the molecule is CCCc1ccc2c(c1)[nH]c1cc(CCC)ccc12. The molecule has 1 N–H and O–H groups in total. The van der Waals surface area contributed by atoms with Crippen LogP contribution in [-0.2, 0) is 12.8 Å². The van der Waals surface area contributed by atoms with E-state index in [0.717, 1.165) is 12.8 Å². The van der Waals surface area contributed by atoms with Gasteiger partial charge in [-0.1, -0.05) is 51.0 Å². The third-order valence-electron chi connectivity index (χ3n) is 3.80. The molecule has 3 rings (SSSR count). The fraction of sp³-hybridized carbons (Fsp3) is 0.333. The molecular weight excluding hydrogens is 230 g/mol. The molecule has 0 saturated heterocycles. The molecule has 0 radical (unpaired) electrons. The van der Waals surface area contributed by atoms with Gasteiger partial charge >= 0.3 is 0 Å². The van der Waals surface area contributed by atoms with Crippen molar-refractivity contribution < 1.29 is 0 Å². The number of hydrogen-bond donors (Lipinski definition) is 1. The van der Waals surface area contributed by atoms with Crippen LogP contribution >= 0.6 is 0 Å². The smallest absolute Gasteiger partial charge is 0.0467 e. The van der Waals surface area contributed by atoms with Crippen LogP contribution in [-0.4, -0.2) is 4.98 Å². The number of H-pyrrole nitrogens is 1. The lowest BCUT2D eigenvalue weighted by Crippen LogP contribution is -1.81. The summed E-state index contributed by atoms with van der Waals surface area (Å²) in [6.07, 6.45) is 4.72. The molecule has 0 spiro atoms. The minimum Gasteiger partial charge on any atom is -0.354 e. The Hall–Kier alpha value is -1.76. The molecule has 0 unspecified atom stereocenters. The molecule has 1 nitrogen and oxygen atoms in total. The Kier molecular flexibility index (Phi) is 3.29. The zero-order valence-electron chi connectivity index (χ0n) is 11.8. The van der Waals surface area contributed by atoms with Crippen molar-refractivity contribution in [3.05, 3.63) is 47.5 Å². The van der Waals surface area contributed by atoms with Crippen LogP contribution in [0.15, 0.2) is 36.4 Å².